The van der Waals surface area contributed by atoms with E-state index in [1.165, 1.54) is 5.56 Å². The summed E-state index contributed by atoms with van der Waals surface area (Å²) in [5.41, 5.74) is 2.37. The number of oxazole rings is 1. The first-order valence-electron chi connectivity index (χ1n) is 6.27. The highest BCUT2D eigenvalue weighted by molar-refractivity contribution is 5.17. The highest BCUT2D eigenvalue weighted by Gasteiger charge is 2.12. The summed E-state index contributed by atoms with van der Waals surface area (Å²) in [7, 11) is 1.95. The molecule has 2 heterocycles. The summed E-state index contributed by atoms with van der Waals surface area (Å²) in [5, 5.41) is 7.83. The van der Waals surface area contributed by atoms with E-state index in [0.717, 1.165) is 30.3 Å². The standard InChI is InChI=1S/C13H20N4O/c1-5-12-11(8-17(4)16-12)7-14-10(3)13-15-6-9(2)18-13/h6,8,10,14H,5,7H2,1-4H3. The second-order valence-corrected chi connectivity index (χ2v) is 4.54. The molecule has 1 unspecified atom stereocenters. The summed E-state index contributed by atoms with van der Waals surface area (Å²) >= 11 is 0. The van der Waals surface area contributed by atoms with E-state index in [4.69, 9.17) is 4.42 Å². The number of hydrogen-bond donors (Lipinski definition) is 1. The van der Waals surface area contributed by atoms with Crippen molar-refractivity contribution in [1.82, 2.24) is 20.1 Å². The lowest BCUT2D eigenvalue weighted by molar-refractivity contribution is 0.402. The molecule has 0 saturated carbocycles. The molecule has 0 bridgehead atoms. The molecular formula is C13H20N4O. The van der Waals surface area contributed by atoms with Gasteiger partial charge in [-0.2, -0.15) is 5.10 Å². The van der Waals surface area contributed by atoms with Crippen LogP contribution in [0.2, 0.25) is 0 Å². The van der Waals surface area contributed by atoms with Gasteiger partial charge in [0.25, 0.3) is 0 Å². The third-order valence-electron chi connectivity index (χ3n) is 2.93. The van der Waals surface area contributed by atoms with Crippen LogP contribution in [0.4, 0.5) is 0 Å². The van der Waals surface area contributed by atoms with Crippen molar-refractivity contribution in [2.45, 2.75) is 39.8 Å². The van der Waals surface area contributed by atoms with Crippen molar-refractivity contribution in [2.24, 2.45) is 7.05 Å². The average molecular weight is 248 g/mol. The van der Waals surface area contributed by atoms with Crippen LogP contribution in [0.25, 0.3) is 0 Å². The lowest BCUT2D eigenvalue weighted by atomic mass is 10.2. The Bertz CT molecular complexity index is 515. The maximum atomic E-state index is 5.50. The van der Waals surface area contributed by atoms with Crippen LogP contribution in [0.3, 0.4) is 0 Å². The van der Waals surface area contributed by atoms with Gasteiger partial charge in [-0.15, -0.1) is 0 Å². The van der Waals surface area contributed by atoms with Gasteiger partial charge in [-0.25, -0.2) is 4.98 Å². The normalized spacial score (nSPS) is 12.9. The largest absolute Gasteiger partial charge is 0.444 e. The molecule has 0 fully saturated rings. The van der Waals surface area contributed by atoms with Crippen LogP contribution >= 0.6 is 0 Å². The fourth-order valence-corrected chi connectivity index (χ4v) is 1.95. The van der Waals surface area contributed by atoms with Gasteiger partial charge >= 0.3 is 0 Å². The zero-order valence-corrected chi connectivity index (χ0v) is 11.4. The molecule has 5 heteroatoms. The lowest BCUT2D eigenvalue weighted by Gasteiger charge is -2.09. The molecule has 5 nitrogen and oxygen atoms in total. The molecule has 2 aromatic heterocycles. The average Bonchev–Trinajstić information content (AvgIpc) is 2.92. The number of nitrogens with one attached hydrogen (secondary N) is 1. The van der Waals surface area contributed by atoms with E-state index in [0.29, 0.717) is 0 Å². The molecule has 18 heavy (non-hydrogen) atoms. The smallest absolute Gasteiger partial charge is 0.211 e. The van der Waals surface area contributed by atoms with Gasteiger partial charge in [-0.05, 0) is 20.3 Å². The van der Waals surface area contributed by atoms with E-state index in [2.05, 4.69) is 28.5 Å². The molecule has 0 aromatic carbocycles. The Morgan fingerprint density at radius 1 is 1.50 bits per heavy atom. The molecule has 0 saturated heterocycles. The maximum Gasteiger partial charge on any atom is 0.211 e. The Morgan fingerprint density at radius 2 is 2.28 bits per heavy atom. The zero-order chi connectivity index (χ0) is 13.1. The molecule has 0 aliphatic rings. The van der Waals surface area contributed by atoms with Crippen molar-refractivity contribution < 1.29 is 4.42 Å². The van der Waals surface area contributed by atoms with Gasteiger partial charge in [0, 0.05) is 25.4 Å². The lowest BCUT2D eigenvalue weighted by Crippen LogP contribution is -2.18. The van der Waals surface area contributed by atoms with Crippen molar-refractivity contribution in [1.29, 1.82) is 0 Å². The van der Waals surface area contributed by atoms with E-state index in [-0.39, 0.29) is 6.04 Å². The Kier molecular flexibility index (Phi) is 3.81. The number of hydrogen-bond acceptors (Lipinski definition) is 4. The summed E-state index contributed by atoms with van der Waals surface area (Å²) in [5.74, 6) is 1.57. The fourth-order valence-electron chi connectivity index (χ4n) is 1.95. The van der Waals surface area contributed by atoms with E-state index >= 15 is 0 Å². The molecule has 2 rings (SSSR count). The number of aryl methyl sites for hydroxylation is 3. The molecule has 0 aliphatic heterocycles. The van der Waals surface area contributed by atoms with Crippen LogP contribution in [-0.4, -0.2) is 14.8 Å². The van der Waals surface area contributed by atoms with Gasteiger partial charge in [0.15, 0.2) is 0 Å². The first kappa shape index (κ1) is 12.8. The van der Waals surface area contributed by atoms with Crippen molar-refractivity contribution in [3.05, 3.63) is 35.3 Å². The number of rotatable bonds is 5. The monoisotopic (exact) mass is 248 g/mol. The minimum atomic E-state index is 0.101. The molecule has 2 aromatic rings. The molecule has 0 amide bonds. The van der Waals surface area contributed by atoms with Crippen LogP contribution in [-0.2, 0) is 20.0 Å². The number of nitrogens with zero attached hydrogens (tertiary/aromatic N) is 3. The van der Waals surface area contributed by atoms with E-state index in [1.807, 2.05) is 25.6 Å². The van der Waals surface area contributed by atoms with Gasteiger partial charge in [0.1, 0.15) is 5.76 Å². The molecule has 0 spiro atoms. The van der Waals surface area contributed by atoms with Gasteiger partial charge in [-0.3, -0.25) is 4.68 Å². The molecule has 98 valence electrons. The Hall–Kier alpha value is -1.62. The van der Waals surface area contributed by atoms with E-state index in [1.54, 1.807) is 6.20 Å². The summed E-state index contributed by atoms with van der Waals surface area (Å²) in [6.07, 6.45) is 4.75. The van der Waals surface area contributed by atoms with Crippen LogP contribution in [0.1, 0.15) is 42.8 Å². The third kappa shape index (κ3) is 2.79. The van der Waals surface area contributed by atoms with Crippen LogP contribution in [0, 0.1) is 6.92 Å². The summed E-state index contributed by atoms with van der Waals surface area (Å²) in [4.78, 5) is 4.23. The van der Waals surface area contributed by atoms with Crippen LogP contribution in [0.15, 0.2) is 16.8 Å². The zero-order valence-electron chi connectivity index (χ0n) is 11.4. The van der Waals surface area contributed by atoms with E-state index < -0.39 is 0 Å². The molecule has 1 N–H and O–H groups in total. The van der Waals surface area contributed by atoms with Gasteiger partial charge in [0.2, 0.25) is 5.89 Å². The van der Waals surface area contributed by atoms with Crippen LogP contribution in [0.5, 0.6) is 0 Å². The second-order valence-electron chi connectivity index (χ2n) is 4.54. The first-order chi connectivity index (χ1) is 8.60. The van der Waals surface area contributed by atoms with Crippen LogP contribution < -0.4 is 5.32 Å². The first-order valence-corrected chi connectivity index (χ1v) is 6.27. The van der Waals surface area contributed by atoms with Crippen molar-refractivity contribution in [2.75, 3.05) is 0 Å². The number of aromatic nitrogens is 3. The predicted octanol–water partition coefficient (Wildman–Crippen LogP) is 2.13. The summed E-state index contributed by atoms with van der Waals surface area (Å²) in [6, 6.07) is 0.101. The Balaban J connectivity index is 1.98. The minimum absolute atomic E-state index is 0.101. The van der Waals surface area contributed by atoms with Gasteiger partial charge in [-0.1, -0.05) is 6.92 Å². The fraction of sp³-hybridized carbons (Fsp3) is 0.538. The quantitative estimate of drug-likeness (QED) is 0.880. The van der Waals surface area contributed by atoms with Crippen molar-refractivity contribution in [3.63, 3.8) is 0 Å². The topological polar surface area (TPSA) is 55.9 Å². The highest BCUT2D eigenvalue weighted by Crippen LogP contribution is 2.14. The Labute approximate surface area is 107 Å². The van der Waals surface area contributed by atoms with Gasteiger partial charge < -0.3 is 9.73 Å². The minimum Gasteiger partial charge on any atom is -0.444 e. The highest BCUT2D eigenvalue weighted by atomic mass is 16.4. The summed E-state index contributed by atoms with van der Waals surface area (Å²) < 4.78 is 7.36. The predicted molar refractivity (Wildman–Crippen MR) is 69.1 cm³/mol. The van der Waals surface area contributed by atoms with Crippen molar-refractivity contribution in [3.8, 4) is 0 Å². The second kappa shape index (κ2) is 5.35. The molecule has 1 atom stereocenters. The molecule has 0 radical (unpaired) electrons. The maximum absolute atomic E-state index is 5.50. The molecule has 0 aliphatic carbocycles. The third-order valence-corrected chi connectivity index (χ3v) is 2.93. The SMILES string of the molecule is CCc1nn(C)cc1CNC(C)c1ncc(C)o1. The van der Waals surface area contributed by atoms with E-state index in [9.17, 15) is 0 Å². The Morgan fingerprint density at radius 3 is 2.89 bits per heavy atom. The van der Waals surface area contributed by atoms with Gasteiger partial charge in [0.05, 0.1) is 17.9 Å². The molecular weight excluding hydrogens is 228 g/mol. The summed E-state index contributed by atoms with van der Waals surface area (Å²) in [6.45, 7) is 6.85. The van der Waals surface area contributed by atoms with Crippen molar-refractivity contribution >= 4 is 0 Å².